The van der Waals surface area contributed by atoms with Crippen molar-refractivity contribution in [2.75, 3.05) is 5.32 Å². The molecule has 0 amide bonds. The Labute approximate surface area is 184 Å². The molecule has 9 nitrogen and oxygen atoms in total. The van der Waals surface area contributed by atoms with E-state index in [0.717, 1.165) is 35.6 Å². The molecule has 0 saturated heterocycles. The molecular formula is C23H25N7O2. The zero-order valence-corrected chi connectivity index (χ0v) is 18.0. The van der Waals surface area contributed by atoms with Crippen LogP contribution in [-0.2, 0) is 4.79 Å². The second-order valence-electron chi connectivity index (χ2n) is 9.37. The Bertz CT molecular complexity index is 1340. The van der Waals surface area contributed by atoms with E-state index >= 15 is 0 Å². The van der Waals surface area contributed by atoms with E-state index in [1.807, 2.05) is 25.3 Å². The molecule has 3 aliphatic rings. The van der Waals surface area contributed by atoms with Crippen LogP contribution in [0.25, 0.3) is 33.6 Å². The van der Waals surface area contributed by atoms with Crippen molar-refractivity contribution < 1.29 is 9.90 Å². The Morgan fingerprint density at radius 2 is 2.12 bits per heavy atom. The molecule has 3 aliphatic carbocycles. The molecule has 0 aliphatic heterocycles. The van der Waals surface area contributed by atoms with E-state index in [2.05, 4.69) is 32.4 Å². The molecule has 3 fully saturated rings. The molecule has 9 heteroatoms. The van der Waals surface area contributed by atoms with E-state index in [4.69, 9.17) is 9.97 Å². The summed E-state index contributed by atoms with van der Waals surface area (Å²) < 4.78 is 0. The smallest absolute Gasteiger partial charge is 0.308 e. The Morgan fingerprint density at radius 1 is 1.25 bits per heavy atom. The van der Waals surface area contributed by atoms with Crippen LogP contribution < -0.4 is 5.32 Å². The van der Waals surface area contributed by atoms with Gasteiger partial charge in [0.25, 0.3) is 0 Å². The fourth-order valence-corrected chi connectivity index (χ4v) is 5.93. The summed E-state index contributed by atoms with van der Waals surface area (Å²) in [6.45, 7) is 4.23. The van der Waals surface area contributed by atoms with E-state index in [9.17, 15) is 9.90 Å². The highest BCUT2D eigenvalue weighted by Crippen LogP contribution is 2.49. The van der Waals surface area contributed by atoms with Gasteiger partial charge in [0.15, 0.2) is 11.5 Å². The second kappa shape index (κ2) is 7.01. The predicted molar refractivity (Wildman–Crippen MR) is 120 cm³/mol. The molecule has 4 N–H and O–H groups in total. The highest BCUT2D eigenvalue weighted by Gasteiger charge is 2.50. The van der Waals surface area contributed by atoms with Crippen molar-refractivity contribution in [2.24, 2.45) is 23.7 Å². The van der Waals surface area contributed by atoms with Gasteiger partial charge in [0, 0.05) is 18.4 Å². The van der Waals surface area contributed by atoms with Crippen LogP contribution in [0.4, 0.5) is 5.82 Å². The standard InChI is InChI=1S/C23H25N7O2/c1-10-7-15-18(29-30-20(15)25-9-10)22-27-19-14(5-6-24-19)21(28-22)26-17-13-4-3-12(8-11(13)2)16(17)23(31)32/h5-7,9,11-13,16-17H,3-4,8H2,1-2H3,(H,31,32)(H,25,29,30)(H2,24,26,27,28)/t11?,12-,13+,16-,17?/m1/s1. The number of nitrogens with one attached hydrogen (secondary N) is 3. The third-order valence-electron chi connectivity index (χ3n) is 7.41. The lowest BCUT2D eigenvalue weighted by Gasteiger charge is -2.50. The summed E-state index contributed by atoms with van der Waals surface area (Å²) >= 11 is 0. The monoisotopic (exact) mass is 431 g/mol. The van der Waals surface area contributed by atoms with Gasteiger partial charge < -0.3 is 15.4 Å². The van der Waals surface area contributed by atoms with Gasteiger partial charge in [0.2, 0.25) is 0 Å². The van der Waals surface area contributed by atoms with Crippen molar-refractivity contribution in [1.82, 2.24) is 30.1 Å². The van der Waals surface area contributed by atoms with Gasteiger partial charge in [0.05, 0.1) is 16.7 Å². The number of rotatable bonds is 4. The number of carbonyl (C=O) groups is 1. The van der Waals surface area contributed by atoms with Crippen LogP contribution in [0.3, 0.4) is 0 Å². The number of anilines is 1. The number of H-pyrrole nitrogens is 2. The number of pyridine rings is 1. The fraction of sp³-hybridized carbons (Fsp3) is 0.435. The number of aromatic amines is 2. The van der Waals surface area contributed by atoms with E-state index in [1.54, 1.807) is 6.20 Å². The summed E-state index contributed by atoms with van der Waals surface area (Å²) in [5, 5.41) is 22.6. The topological polar surface area (TPSA) is 132 Å². The molecule has 2 unspecified atom stereocenters. The summed E-state index contributed by atoms with van der Waals surface area (Å²) in [5.74, 6) is 1.05. The summed E-state index contributed by atoms with van der Waals surface area (Å²) in [6.07, 6.45) is 6.64. The van der Waals surface area contributed by atoms with Crippen LogP contribution in [0.15, 0.2) is 24.5 Å². The first-order valence-electron chi connectivity index (χ1n) is 11.1. The van der Waals surface area contributed by atoms with Gasteiger partial charge in [-0.3, -0.25) is 9.89 Å². The van der Waals surface area contributed by atoms with Crippen molar-refractivity contribution >= 4 is 33.9 Å². The van der Waals surface area contributed by atoms with Gasteiger partial charge >= 0.3 is 5.97 Å². The predicted octanol–water partition coefficient (Wildman–Crippen LogP) is 3.75. The minimum absolute atomic E-state index is 0.154. The Kier molecular flexibility index (Phi) is 4.21. The van der Waals surface area contributed by atoms with Gasteiger partial charge in [-0.1, -0.05) is 6.92 Å². The van der Waals surface area contributed by atoms with Crippen LogP contribution in [-0.4, -0.2) is 47.3 Å². The molecule has 2 bridgehead atoms. The minimum atomic E-state index is -0.718. The first-order chi connectivity index (χ1) is 15.5. The number of carboxylic acid groups (broad SMARTS) is 1. The number of fused-ring (bicyclic) bond motifs is 5. The average Bonchev–Trinajstić information content (AvgIpc) is 3.40. The third-order valence-corrected chi connectivity index (χ3v) is 7.41. The quantitative estimate of drug-likeness (QED) is 0.387. The SMILES string of the molecule is Cc1cnc2n[nH]c(-c3nc(NC4[C@H]5CC[C@H](CC5C)[C@H]4C(=O)O)c4cc[nH]c4n3)c2c1. The molecule has 4 heterocycles. The number of aryl methyl sites for hydroxylation is 1. The van der Waals surface area contributed by atoms with Crippen molar-refractivity contribution in [3.63, 3.8) is 0 Å². The van der Waals surface area contributed by atoms with Crippen LogP contribution in [0, 0.1) is 30.6 Å². The van der Waals surface area contributed by atoms with Crippen molar-refractivity contribution in [2.45, 2.75) is 39.2 Å². The zero-order valence-electron chi connectivity index (χ0n) is 18.0. The third kappa shape index (κ3) is 2.87. The maximum absolute atomic E-state index is 12.2. The number of aromatic nitrogens is 6. The molecule has 5 atom stereocenters. The summed E-state index contributed by atoms with van der Waals surface area (Å²) in [7, 11) is 0. The molecule has 164 valence electrons. The molecule has 0 spiro atoms. The lowest BCUT2D eigenvalue weighted by Crippen LogP contribution is -2.54. The molecule has 0 radical (unpaired) electrons. The van der Waals surface area contributed by atoms with Gasteiger partial charge in [0.1, 0.15) is 17.2 Å². The molecule has 4 aromatic rings. The second-order valence-corrected chi connectivity index (χ2v) is 9.37. The number of hydrogen-bond donors (Lipinski definition) is 4. The fourth-order valence-electron chi connectivity index (χ4n) is 5.93. The van der Waals surface area contributed by atoms with E-state index < -0.39 is 11.9 Å². The van der Waals surface area contributed by atoms with Gasteiger partial charge in [-0.05, 0) is 61.6 Å². The highest BCUT2D eigenvalue weighted by molar-refractivity contribution is 5.93. The molecule has 32 heavy (non-hydrogen) atoms. The molecule has 4 aromatic heterocycles. The maximum Gasteiger partial charge on any atom is 0.308 e. The average molecular weight is 432 g/mol. The number of hydrogen-bond acceptors (Lipinski definition) is 6. The Morgan fingerprint density at radius 3 is 2.94 bits per heavy atom. The molecule has 7 rings (SSSR count). The van der Waals surface area contributed by atoms with Gasteiger partial charge in [-0.2, -0.15) is 5.10 Å². The van der Waals surface area contributed by atoms with Crippen molar-refractivity contribution in [3.8, 4) is 11.5 Å². The zero-order chi connectivity index (χ0) is 22.0. The Hall–Kier alpha value is -3.49. The van der Waals surface area contributed by atoms with E-state index in [0.29, 0.717) is 40.5 Å². The molecule has 0 aromatic carbocycles. The first kappa shape index (κ1) is 19.2. The Balaban J connectivity index is 1.46. The summed E-state index contributed by atoms with van der Waals surface area (Å²) in [5.41, 5.74) is 3.03. The largest absolute Gasteiger partial charge is 0.481 e. The summed E-state index contributed by atoms with van der Waals surface area (Å²) in [6, 6.07) is 3.79. The maximum atomic E-state index is 12.2. The van der Waals surface area contributed by atoms with Crippen molar-refractivity contribution in [1.29, 1.82) is 0 Å². The summed E-state index contributed by atoms with van der Waals surface area (Å²) in [4.78, 5) is 29.3. The highest BCUT2D eigenvalue weighted by atomic mass is 16.4. The van der Waals surface area contributed by atoms with E-state index in [1.165, 1.54) is 0 Å². The molecule has 3 saturated carbocycles. The number of nitrogens with zero attached hydrogens (tertiary/aromatic N) is 4. The van der Waals surface area contributed by atoms with Crippen LogP contribution in [0.2, 0.25) is 0 Å². The lowest BCUT2D eigenvalue weighted by molar-refractivity contribution is -0.149. The molecular weight excluding hydrogens is 406 g/mol. The number of aliphatic carboxylic acids is 1. The minimum Gasteiger partial charge on any atom is -0.481 e. The van der Waals surface area contributed by atoms with Crippen LogP contribution >= 0.6 is 0 Å². The van der Waals surface area contributed by atoms with Crippen LogP contribution in [0.5, 0.6) is 0 Å². The van der Waals surface area contributed by atoms with E-state index in [-0.39, 0.29) is 12.0 Å². The van der Waals surface area contributed by atoms with Crippen LogP contribution in [0.1, 0.15) is 31.7 Å². The number of carboxylic acids is 1. The lowest BCUT2D eigenvalue weighted by atomic mass is 9.57. The van der Waals surface area contributed by atoms with Gasteiger partial charge in [-0.15, -0.1) is 0 Å². The van der Waals surface area contributed by atoms with Gasteiger partial charge in [-0.25, -0.2) is 15.0 Å². The normalized spacial score (nSPS) is 27.2. The van der Waals surface area contributed by atoms with Crippen molar-refractivity contribution in [3.05, 3.63) is 30.1 Å². The first-order valence-corrected chi connectivity index (χ1v) is 11.1.